The Bertz CT molecular complexity index is 528. The summed E-state index contributed by atoms with van der Waals surface area (Å²) in [7, 11) is 1.96. The molecule has 0 bridgehead atoms. The Morgan fingerprint density at radius 1 is 1.32 bits per heavy atom. The normalized spacial score (nSPS) is 15.8. The van der Waals surface area contributed by atoms with Gasteiger partial charge in [0.05, 0.1) is 11.3 Å². The lowest BCUT2D eigenvalue weighted by Gasteiger charge is -2.32. The molecule has 1 aliphatic heterocycles. The van der Waals surface area contributed by atoms with Gasteiger partial charge in [-0.15, -0.1) is 11.8 Å². The van der Waals surface area contributed by atoms with Crippen molar-refractivity contribution in [1.29, 1.82) is 0 Å². The number of carbonyl (C=O) groups is 2. The molecule has 2 rings (SSSR count). The lowest BCUT2D eigenvalue weighted by molar-refractivity contribution is -0.115. The van der Waals surface area contributed by atoms with Gasteiger partial charge in [0.1, 0.15) is 0 Å². The Labute approximate surface area is 135 Å². The molecule has 1 aromatic carbocycles. The maximum absolute atomic E-state index is 12.7. The zero-order valence-electron chi connectivity index (χ0n) is 12.9. The largest absolute Gasteiger partial charge is 0.369 e. The van der Waals surface area contributed by atoms with E-state index >= 15 is 0 Å². The second-order valence-electron chi connectivity index (χ2n) is 5.54. The number of rotatable bonds is 6. The highest BCUT2D eigenvalue weighted by Crippen LogP contribution is 2.25. The van der Waals surface area contributed by atoms with Gasteiger partial charge in [0.25, 0.3) is 5.91 Å². The zero-order chi connectivity index (χ0) is 15.9. The molecule has 0 aromatic heterocycles. The Kier molecular flexibility index (Phi) is 6.27. The number of primary amides is 1. The van der Waals surface area contributed by atoms with Crippen LogP contribution < -0.4 is 11.1 Å². The van der Waals surface area contributed by atoms with Gasteiger partial charge in [0.2, 0.25) is 5.91 Å². The first-order chi connectivity index (χ1) is 10.6. The third kappa shape index (κ3) is 4.48. The molecule has 22 heavy (non-hydrogen) atoms. The second-order valence-corrected chi connectivity index (χ2v) is 6.56. The Balaban J connectivity index is 2.02. The van der Waals surface area contributed by atoms with Crippen LogP contribution in [0.2, 0.25) is 0 Å². The van der Waals surface area contributed by atoms with Crippen LogP contribution in [0.4, 0.5) is 0 Å². The van der Waals surface area contributed by atoms with Crippen molar-refractivity contribution in [2.24, 2.45) is 11.7 Å². The summed E-state index contributed by atoms with van der Waals surface area (Å²) in [5.41, 5.74) is 5.86. The molecule has 120 valence electrons. The number of likely N-dealkylation sites (tertiary alicyclic amines) is 1. The number of thioether (sulfide) groups is 1. The summed E-state index contributed by atoms with van der Waals surface area (Å²) in [4.78, 5) is 26.4. The number of hydrogen-bond acceptors (Lipinski definition) is 4. The predicted octanol–water partition coefficient (Wildman–Crippen LogP) is 1.34. The molecule has 1 aliphatic rings. The average molecular weight is 321 g/mol. The zero-order valence-corrected chi connectivity index (χ0v) is 13.7. The van der Waals surface area contributed by atoms with Crippen LogP contribution in [0.1, 0.15) is 23.2 Å². The lowest BCUT2D eigenvalue weighted by Crippen LogP contribution is -2.40. The molecule has 6 heteroatoms. The van der Waals surface area contributed by atoms with Gasteiger partial charge in [-0.2, -0.15) is 0 Å². The Hall–Kier alpha value is -1.53. The second kappa shape index (κ2) is 8.19. The average Bonchev–Trinajstić information content (AvgIpc) is 2.53. The summed E-state index contributed by atoms with van der Waals surface area (Å²) in [5, 5.41) is 3.20. The van der Waals surface area contributed by atoms with E-state index in [0.717, 1.165) is 37.4 Å². The molecular weight excluding hydrogens is 298 g/mol. The summed E-state index contributed by atoms with van der Waals surface area (Å²) < 4.78 is 0. The van der Waals surface area contributed by atoms with E-state index < -0.39 is 0 Å². The van der Waals surface area contributed by atoms with Crippen molar-refractivity contribution in [3.63, 3.8) is 0 Å². The van der Waals surface area contributed by atoms with E-state index in [2.05, 4.69) is 5.32 Å². The van der Waals surface area contributed by atoms with Crippen LogP contribution >= 0.6 is 11.8 Å². The summed E-state index contributed by atoms with van der Waals surface area (Å²) in [6, 6.07) is 7.43. The van der Waals surface area contributed by atoms with Crippen LogP contribution in [0.25, 0.3) is 0 Å². The van der Waals surface area contributed by atoms with Gasteiger partial charge in [0.15, 0.2) is 0 Å². The van der Waals surface area contributed by atoms with Crippen LogP contribution in [0.5, 0.6) is 0 Å². The monoisotopic (exact) mass is 321 g/mol. The van der Waals surface area contributed by atoms with Crippen LogP contribution in [-0.2, 0) is 4.79 Å². The Morgan fingerprint density at radius 3 is 2.64 bits per heavy atom. The number of piperidine rings is 1. The first-order valence-electron chi connectivity index (χ1n) is 7.55. The lowest BCUT2D eigenvalue weighted by atomic mass is 9.96. The maximum Gasteiger partial charge on any atom is 0.254 e. The first kappa shape index (κ1) is 16.8. The number of benzene rings is 1. The topological polar surface area (TPSA) is 75.4 Å². The van der Waals surface area contributed by atoms with E-state index in [0.29, 0.717) is 11.5 Å². The van der Waals surface area contributed by atoms with Crippen molar-refractivity contribution < 1.29 is 9.59 Å². The van der Waals surface area contributed by atoms with Gasteiger partial charge < -0.3 is 16.0 Å². The van der Waals surface area contributed by atoms with E-state index in [1.54, 1.807) is 0 Å². The maximum atomic E-state index is 12.7. The summed E-state index contributed by atoms with van der Waals surface area (Å²) in [6.45, 7) is 2.59. The van der Waals surface area contributed by atoms with Crippen LogP contribution in [0.15, 0.2) is 29.2 Å². The van der Waals surface area contributed by atoms with Gasteiger partial charge in [0, 0.05) is 18.0 Å². The van der Waals surface area contributed by atoms with Crippen LogP contribution in [0.3, 0.4) is 0 Å². The molecule has 1 heterocycles. The number of nitrogens with one attached hydrogen (secondary N) is 1. The Morgan fingerprint density at radius 2 is 2.00 bits per heavy atom. The molecular formula is C16H23N3O2S. The molecule has 0 saturated carbocycles. The van der Waals surface area contributed by atoms with Gasteiger partial charge in [-0.25, -0.2) is 0 Å². The molecule has 0 atom stereocenters. The highest BCUT2D eigenvalue weighted by atomic mass is 32.2. The van der Waals surface area contributed by atoms with Crippen LogP contribution in [-0.4, -0.2) is 49.1 Å². The third-order valence-corrected chi connectivity index (χ3v) is 4.98. The standard InChI is InChI=1S/C16H23N3O2S/c1-18-10-12-6-8-19(9-7-12)16(21)13-4-2-3-5-14(13)22-11-15(17)20/h2-5,12,18H,6-11H2,1H3,(H2,17,20). The summed E-state index contributed by atoms with van der Waals surface area (Å²) in [5.74, 6) is 0.512. The predicted molar refractivity (Wildman–Crippen MR) is 88.9 cm³/mol. The smallest absolute Gasteiger partial charge is 0.254 e. The van der Waals surface area contributed by atoms with Gasteiger partial charge in [-0.3, -0.25) is 9.59 Å². The summed E-state index contributed by atoms with van der Waals surface area (Å²) >= 11 is 1.32. The van der Waals surface area contributed by atoms with E-state index in [4.69, 9.17) is 5.73 Å². The molecule has 0 aliphatic carbocycles. The SMILES string of the molecule is CNCC1CCN(C(=O)c2ccccc2SCC(N)=O)CC1. The number of nitrogens with two attached hydrogens (primary N) is 1. The number of carbonyl (C=O) groups excluding carboxylic acids is 2. The minimum Gasteiger partial charge on any atom is -0.369 e. The number of hydrogen-bond donors (Lipinski definition) is 2. The third-order valence-electron chi connectivity index (χ3n) is 3.88. The molecule has 1 fully saturated rings. The van der Waals surface area contributed by atoms with E-state index in [9.17, 15) is 9.59 Å². The molecule has 1 aromatic rings. The van der Waals surface area contributed by atoms with Crippen molar-refractivity contribution in [1.82, 2.24) is 10.2 Å². The molecule has 5 nitrogen and oxygen atoms in total. The first-order valence-corrected chi connectivity index (χ1v) is 8.54. The fourth-order valence-electron chi connectivity index (χ4n) is 2.72. The highest BCUT2D eigenvalue weighted by molar-refractivity contribution is 8.00. The molecule has 0 radical (unpaired) electrons. The fourth-order valence-corrected chi connectivity index (χ4v) is 3.50. The van der Waals surface area contributed by atoms with Crippen molar-refractivity contribution in [2.45, 2.75) is 17.7 Å². The number of amides is 2. The van der Waals surface area contributed by atoms with E-state index in [1.165, 1.54) is 11.8 Å². The molecule has 0 spiro atoms. The quantitative estimate of drug-likeness (QED) is 0.775. The minimum atomic E-state index is -0.375. The van der Waals surface area contributed by atoms with Crippen molar-refractivity contribution in [2.75, 3.05) is 32.4 Å². The summed E-state index contributed by atoms with van der Waals surface area (Å²) in [6.07, 6.45) is 2.06. The van der Waals surface area contributed by atoms with Crippen molar-refractivity contribution in [3.05, 3.63) is 29.8 Å². The van der Waals surface area contributed by atoms with Crippen LogP contribution in [0, 0.1) is 5.92 Å². The van der Waals surface area contributed by atoms with E-state index in [1.807, 2.05) is 36.2 Å². The van der Waals surface area contributed by atoms with Gasteiger partial charge in [-0.05, 0) is 44.5 Å². The van der Waals surface area contributed by atoms with Crippen molar-refractivity contribution in [3.8, 4) is 0 Å². The van der Waals surface area contributed by atoms with Gasteiger partial charge >= 0.3 is 0 Å². The van der Waals surface area contributed by atoms with Crippen molar-refractivity contribution >= 4 is 23.6 Å². The van der Waals surface area contributed by atoms with Gasteiger partial charge in [-0.1, -0.05) is 12.1 Å². The van der Waals surface area contributed by atoms with E-state index in [-0.39, 0.29) is 17.6 Å². The molecule has 0 unspecified atom stereocenters. The molecule has 1 saturated heterocycles. The molecule has 3 N–H and O–H groups in total. The highest BCUT2D eigenvalue weighted by Gasteiger charge is 2.24. The minimum absolute atomic E-state index is 0.0514. The fraction of sp³-hybridized carbons (Fsp3) is 0.500. The number of nitrogens with zero attached hydrogens (tertiary/aromatic N) is 1. The molecule has 2 amide bonds.